The normalized spacial score (nSPS) is 12.7. The number of halogens is 4. The number of rotatable bonds is 5. The maximum absolute atomic E-state index is 13.7. The van der Waals surface area contributed by atoms with E-state index in [2.05, 4.69) is 20.7 Å². The molecule has 0 aliphatic carbocycles. The Morgan fingerprint density at radius 3 is 2.72 bits per heavy atom. The number of carbonyl (C=O) groups excluding carboxylic acids is 1. The minimum absolute atomic E-state index is 0.488. The van der Waals surface area contributed by atoms with Gasteiger partial charge in [0.15, 0.2) is 0 Å². The number of aryl methyl sites for hydroxylation is 1. The number of hydrogen-bond donors (Lipinski definition) is 2. The van der Waals surface area contributed by atoms with E-state index in [0.29, 0.717) is 30.6 Å². The van der Waals surface area contributed by atoms with E-state index >= 15 is 0 Å². The molecule has 2 amide bonds. The number of nitrogens with one attached hydrogen (secondary N) is 2. The van der Waals surface area contributed by atoms with E-state index in [0.717, 1.165) is 6.42 Å². The van der Waals surface area contributed by atoms with Crippen LogP contribution in [0.25, 0.3) is 0 Å². The van der Waals surface area contributed by atoms with Gasteiger partial charge in [0.25, 0.3) is 0 Å². The van der Waals surface area contributed by atoms with E-state index in [-0.39, 0.29) is 0 Å². The molecule has 1 aromatic heterocycles. The van der Waals surface area contributed by atoms with E-state index in [1.54, 1.807) is 11.6 Å². The van der Waals surface area contributed by atoms with Crippen molar-refractivity contribution in [1.82, 2.24) is 20.1 Å². The van der Waals surface area contributed by atoms with Crippen LogP contribution in [0.3, 0.4) is 0 Å². The van der Waals surface area contributed by atoms with Gasteiger partial charge in [-0.05, 0) is 31.5 Å². The van der Waals surface area contributed by atoms with Crippen molar-refractivity contribution >= 4 is 11.7 Å². The molecule has 1 unspecified atom stereocenters. The number of urea groups is 1. The monoisotopic (exact) mass is 359 g/mol. The Balaban J connectivity index is 2.08. The highest BCUT2D eigenvalue weighted by Crippen LogP contribution is 2.31. The lowest BCUT2D eigenvalue weighted by Gasteiger charge is -2.16. The van der Waals surface area contributed by atoms with Crippen LogP contribution in [0.2, 0.25) is 0 Å². The van der Waals surface area contributed by atoms with E-state index in [1.807, 2.05) is 6.92 Å². The first kappa shape index (κ1) is 18.7. The molecule has 0 fully saturated rings. The molecule has 0 spiro atoms. The molecule has 1 aromatic carbocycles. The van der Waals surface area contributed by atoms with Crippen molar-refractivity contribution in [3.63, 3.8) is 0 Å². The zero-order valence-corrected chi connectivity index (χ0v) is 13.6. The summed E-state index contributed by atoms with van der Waals surface area (Å²) in [6.07, 6.45) is -2.48. The lowest BCUT2D eigenvalue weighted by molar-refractivity contribution is -0.137. The second kappa shape index (κ2) is 7.49. The Bertz CT molecular complexity index is 744. The van der Waals surface area contributed by atoms with Crippen LogP contribution < -0.4 is 10.6 Å². The molecule has 0 aliphatic heterocycles. The first-order valence-corrected chi connectivity index (χ1v) is 7.54. The summed E-state index contributed by atoms with van der Waals surface area (Å²) < 4.78 is 53.3. The molecule has 25 heavy (non-hydrogen) atoms. The minimum atomic E-state index is -4.63. The molecule has 136 valence electrons. The van der Waals surface area contributed by atoms with E-state index in [4.69, 9.17) is 0 Å². The SMILES string of the molecule is CCCn1ncnc1C(C)NC(=O)Nc1cc(C(F)(F)F)ccc1F. The highest BCUT2D eigenvalue weighted by Gasteiger charge is 2.31. The van der Waals surface area contributed by atoms with Gasteiger partial charge in [-0.1, -0.05) is 6.92 Å². The number of amides is 2. The lowest BCUT2D eigenvalue weighted by Crippen LogP contribution is -2.33. The molecule has 1 atom stereocenters. The number of alkyl halides is 3. The van der Waals surface area contributed by atoms with Crippen molar-refractivity contribution in [1.29, 1.82) is 0 Å². The molecular formula is C15H17F4N5O. The first-order valence-electron chi connectivity index (χ1n) is 7.54. The highest BCUT2D eigenvalue weighted by molar-refractivity contribution is 5.89. The number of carbonyl (C=O) groups is 1. The number of anilines is 1. The second-order valence-corrected chi connectivity index (χ2v) is 5.35. The Kier molecular flexibility index (Phi) is 5.60. The van der Waals surface area contributed by atoms with Crippen molar-refractivity contribution in [3.05, 3.63) is 41.7 Å². The topological polar surface area (TPSA) is 71.8 Å². The molecule has 2 rings (SSSR count). The molecule has 6 nitrogen and oxygen atoms in total. The first-order chi connectivity index (χ1) is 11.7. The average molecular weight is 359 g/mol. The zero-order valence-electron chi connectivity index (χ0n) is 13.6. The van der Waals surface area contributed by atoms with Crippen LogP contribution in [0.1, 0.15) is 37.7 Å². The molecule has 10 heteroatoms. The fraction of sp³-hybridized carbons (Fsp3) is 0.400. The van der Waals surface area contributed by atoms with Crippen molar-refractivity contribution in [2.24, 2.45) is 0 Å². The summed E-state index contributed by atoms with van der Waals surface area (Å²) in [4.78, 5) is 16.0. The van der Waals surface area contributed by atoms with Gasteiger partial charge in [0, 0.05) is 6.54 Å². The average Bonchev–Trinajstić information content (AvgIpc) is 2.97. The van der Waals surface area contributed by atoms with Gasteiger partial charge in [0.05, 0.1) is 17.3 Å². The lowest BCUT2D eigenvalue weighted by atomic mass is 10.2. The van der Waals surface area contributed by atoms with Crippen LogP contribution in [0.4, 0.5) is 28.0 Å². The summed E-state index contributed by atoms with van der Waals surface area (Å²) in [5.74, 6) is -0.480. The van der Waals surface area contributed by atoms with E-state index in [1.165, 1.54) is 6.33 Å². The molecule has 0 saturated carbocycles. The van der Waals surface area contributed by atoms with Crippen molar-refractivity contribution in [2.75, 3.05) is 5.32 Å². The van der Waals surface area contributed by atoms with Crippen LogP contribution in [-0.2, 0) is 12.7 Å². The van der Waals surface area contributed by atoms with Gasteiger partial charge in [-0.25, -0.2) is 18.9 Å². The zero-order chi connectivity index (χ0) is 18.6. The number of aromatic nitrogens is 3. The predicted molar refractivity (Wildman–Crippen MR) is 82.3 cm³/mol. The van der Waals surface area contributed by atoms with Crippen LogP contribution in [-0.4, -0.2) is 20.8 Å². The summed E-state index contributed by atoms with van der Waals surface area (Å²) in [5, 5.41) is 8.60. The van der Waals surface area contributed by atoms with Gasteiger partial charge < -0.3 is 10.6 Å². The maximum atomic E-state index is 13.7. The third-order valence-corrected chi connectivity index (χ3v) is 3.36. The molecule has 0 saturated heterocycles. The quantitative estimate of drug-likeness (QED) is 0.799. The van der Waals surface area contributed by atoms with E-state index in [9.17, 15) is 22.4 Å². The Hall–Kier alpha value is -2.65. The van der Waals surface area contributed by atoms with Crippen molar-refractivity contribution in [3.8, 4) is 0 Å². The summed E-state index contributed by atoms with van der Waals surface area (Å²) in [5.41, 5.74) is -1.62. The van der Waals surface area contributed by atoms with Gasteiger partial charge in [-0.3, -0.25) is 0 Å². The van der Waals surface area contributed by atoms with Gasteiger partial charge >= 0.3 is 12.2 Å². The predicted octanol–water partition coefficient (Wildman–Crippen LogP) is 3.73. The second-order valence-electron chi connectivity index (χ2n) is 5.35. The third-order valence-electron chi connectivity index (χ3n) is 3.36. The fourth-order valence-corrected chi connectivity index (χ4v) is 2.21. The molecule has 0 radical (unpaired) electrons. The smallest absolute Gasteiger partial charge is 0.328 e. The number of nitrogens with zero attached hydrogens (tertiary/aromatic N) is 3. The van der Waals surface area contributed by atoms with Crippen LogP contribution in [0.5, 0.6) is 0 Å². The molecule has 0 bridgehead atoms. The maximum Gasteiger partial charge on any atom is 0.416 e. The Morgan fingerprint density at radius 1 is 1.36 bits per heavy atom. The largest absolute Gasteiger partial charge is 0.416 e. The van der Waals surface area contributed by atoms with Crippen LogP contribution >= 0.6 is 0 Å². The highest BCUT2D eigenvalue weighted by atomic mass is 19.4. The fourth-order valence-electron chi connectivity index (χ4n) is 2.21. The summed E-state index contributed by atoms with van der Waals surface area (Å²) in [6, 6.07) is 0.382. The minimum Gasteiger partial charge on any atom is -0.328 e. The van der Waals surface area contributed by atoms with Gasteiger partial charge in [0.2, 0.25) is 0 Å². The molecule has 0 aliphatic rings. The Morgan fingerprint density at radius 2 is 2.08 bits per heavy atom. The van der Waals surface area contributed by atoms with Gasteiger partial charge in [-0.15, -0.1) is 0 Å². The molecule has 2 N–H and O–H groups in total. The van der Waals surface area contributed by atoms with Crippen molar-refractivity contribution < 1.29 is 22.4 Å². The number of benzene rings is 1. The van der Waals surface area contributed by atoms with Crippen LogP contribution in [0.15, 0.2) is 24.5 Å². The summed E-state index contributed by atoms with van der Waals surface area (Å²) in [7, 11) is 0. The summed E-state index contributed by atoms with van der Waals surface area (Å²) >= 11 is 0. The number of hydrogen-bond acceptors (Lipinski definition) is 3. The summed E-state index contributed by atoms with van der Waals surface area (Å²) in [6.45, 7) is 4.19. The molecular weight excluding hydrogens is 342 g/mol. The third kappa shape index (κ3) is 4.68. The van der Waals surface area contributed by atoms with Gasteiger partial charge in [-0.2, -0.15) is 18.3 Å². The standard InChI is InChI=1S/C15H17F4N5O/c1-3-6-24-13(20-8-21-24)9(2)22-14(25)23-12-7-10(15(17,18)19)4-5-11(12)16/h4-5,7-9H,3,6H2,1-2H3,(H2,22,23,25). The van der Waals surface area contributed by atoms with Crippen molar-refractivity contribution in [2.45, 2.75) is 39.0 Å². The van der Waals surface area contributed by atoms with Gasteiger partial charge in [0.1, 0.15) is 18.0 Å². The van der Waals surface area contributed by atoms with E-state index < -0.39 is 35.3 Å². The van der Waals surface area contributed by atoms with Crippen LogP contribution in [0, 0.1) is 5.82 Å². The molecule has 2 aromatic rings. The molecule has 1 heterocycles. The Labute approximate surface area is 141 Å².